The molecule has 0 aliphatic heterocycles. The Morgan fingerprint density at radius 2 is 2.10 bits per heavy atom. The smallest absolute Gasteiger partial charge is 0.223 e. The van der Waals surface area contributed by atoms with Crippen molar-refractivity contribution in [2.45, 2.75) is 38.2 Å². The van der Waals surface area contributed by atoms with Gasteiger partial charge >= 0.3 is 0 Å². The topological polar surface area (TPSA) is 75.3 Å². The molecule has 0 unspecified atom stereocenters. The summed E-state index contributed by atoms with van der Waals surface area (Å²) in [6.07, 6.45) is 3.93. The minimum absolute atomic E-state index is 0.291. The molecule has 108 valence electrons. The van der Waals surface area contributed by atoms with Crippen LogP contribution in [0.4, 0.5) is 11.8 Å². The van der Waals surface area contributed by atoms with Gasteiger partial charge in [0.05, 0.1) is 11.0 Å². The minimum Gasteiger partial charge on any atom is -0.388 e. The van der Waals surface area contributed by atoms with Crippen LogP contribution in [0.2, 0.25) is 0 Å². The molecule has 2 aromatic heterocycles. The van der Waals surface area contributed by atoms with Crippen molar-refractivity contribution in [2.75, 3.05) is 24.2 Å². The highest BCUT2D eigenvalue weighted by atomic mass is 32.1. The molecular weight excluding hydrogens is 272 g/mol. The lowest BCUT2D eigenvalue weighted by molar-refractivity contribution is 0.0558. The molecule has 0 amide bonds. The van der Waals surface area contributed by atoms with Gasteiger partial charge in [0.2, 0.25) is 5.95 Å². The van der Waals surface area contributed by atoms with E-state index in [0.717, 1.165) is 41.7 Å². The SMILES string of the molecule is Cc1cc2c(N(C)CC3(O)CCCC3)nc(N)nc2s1. The van der Waals surface area contributed by atoms with E-state index in [9.17, 15) is 5.11 Å². The number of aryl methyl sites for hydroxylation is 1. The number of nitrogens with zero attached hydrogens (tertiary/aromatic N) is 3. The number of rotatable bonds is 3. The average Bonchev–Trinajstić information content (AvgIpc) is 2.93. The van der Waals surface area contributed by atoms with E-state index < -0.39 is 5.60 Å². The number of aliphatic hydroxyl groups is 1. The molecule has 0 saturated heterocycles. The van der Waals surface area contributed by atoms with Crippen LogP contribution in [-0.2, 0) is 0 Å². The number of nitrogens with two attached hydrogens (primary N) is 1. The molecule has 1 aliphatic carbocycles. The molecule has 0 spiro atoms. The molecule has 1 saturated carbocycles. The van der Waals surface area contributed by atoms with Crippen molar-refractivity contribution < 1.29 is 5.11 Å². The summed E-state index contributed by atoms with van der Waals surface area (Å²) in [6, 6.07) is 2.09. The van der Waals surface area contributed by atoms with E-state index >= 15 is 0 Å². The fraction of sp³-hybridized carbons (Fsp3) is 0.571. The van der Waals surface area contributed by atoms with Crippen molar-refractivity contribution in [2.24, 2.45) is 0 Å². The third-order valence-electron chi connectivity index (χ3n) is 3.94. The number of thiophene rings is 1. The van der Waals surface area contributed by atoms with Gasteiger partial charge in [0, 0.05) is 18.5 Å². The zero-order valence-corrected chi connectivity index (χ0v) is 12.7. The second kappa shape index (κ2) is 4.86. The van der Waals surface area contributed by atoms with Crippen LogP contribution in [0.5, 0.6) is 0 Å². The maximum absolute atomic E-state index is 10.6. The largest absolute Gasteiger partial charge is 0.388 e. The molecule has 2 aromatic rings. The Labute approximate surface area is 122 Å². The monoisotopic (exact) mass is 292 g/mol. The fourth-order valence-electron chi connectivity index (χ4n) is 3.04. The first-order chi connectivity index (χ1) is 9.47. The normalized spacial score (nSPS) is 17.8. The first-order valence-electron chi connectivity index (χ1n) is 6.94. The highest BCUT2D eigenvalue weighted by Crippen LogP contribution is 2.34. The van der Waals surface area contributed by atoms with E-state index in [2.05, 4.69) is 23.0 Å². The Bertz CT molecular complexity index is 633. The summed E-state index contributed by atoms with van der Waals surface area (Å²) in [5.74, 6) is 1.11. The number of nitrogen functional groups attached to an aromatic ring is 1. The minimum atomic E-state index is -0.591. The Morgan fingerprint density at radius 1 is 1.40 bits per heavy atom. The summed E-state index contributed by atoms with van der Waals surface area (Å²) in [4.78, 5) is 12.8. The van der Waals surface area contributed by atoms with Crippen LogP contribution < -0.4 is 10.6 Å². The van der Waals surface area contributed by atoms with Crippen LogP contribution in [0.25, 0.3) is 10.2 Å². The van der Waals surface area contributed by atoms with E-state index in [-0.39, 0.29) is 0 Å². The lowest BCUT2D eigenvalue weighted by Crippen LogP contribution is -2.39. The quantitative estimate of drug-likeness (QED) is 0.908. The lowest BCUT2D eigenvalue weighted by atomic mass is 10.0. The molecule has 6 heteroatoms. The molecule has 3 rings (SSSR count). The van der Waals surface area contributed by atoms with Gasteiger partial charge < -0.3 is 15.7 Å². The van der Waals surface area contributed by atoms with Crippen LogP contribution in [0.1, 0.15) is 30.6 Å². The van der Waals surface area contributed by atoms with Gasteiger partial charge in [-0.05, 0) is 25.8 Å². The number of fused-ring (bicyclic) bond motifs is 1. The summed E-state index contributed by atoms with van der Waals surface area (Å²) in [6.45, 7) is 2.64. The molecule has 0 aromatic carbocycles. The molecular formula is C14H20N4OS. The Morgan fingerprint density at radius 3 is 2.80 bits per heavy atom. The molecule has 0 radical (unpaired) electrons. The molecule has 20 heavy (non-hydrogen) atoms. The summed E-state index contributed by atoms with van der Waals surface area (Å²) >= 11 is 1.62. The zero-order chi connectivity index (χ0) is 14.3. The van der Waals surface area contributed by atoms with Gasteiger partial charge in [-0.25, -0.2) is 4.98 Å². The van der Waals surface area contributed by atoms with E-state index in [4.69, 9.17) is 5.73 Å². The van der Waals surface area contributed by atoms with E-state index in [1.807, 2.05) is 11.9 Å². The van der Waals surface area contributed by atoms with Crippen LogP contribution in [0.3, 0.4) is 0 Å². The lowest BCUT2D eigenvalue weighted by Gasteiger charge is -2.29. The second-order valence-corrected chi connectivity index (χ2v) is 7.00. The van der Waals surface area contributed by atoms with Gasteiger partial charge in [-0.2, -0.15) is 4.98 Å². The standard InChI is InChI=1S/C14H20N4OS/c1-9-7-10-11(16-13(15)17-12(10)20-9)18(2)8-14(19)5-3-4-6-14/h7,19H,3-6,8H2,1-2H3,(H2,15,16,17). The predicted molar refractivity (Wildman–Crippen MR) is 83.3 cm³/mol. The van der Waals surface area contributed by atoms with Crippen LogP contribution >= 0.6 is 11.3 Å². The Balaban J connectivity index is 1.96. The third kappa shape index (κ3) is 2.45. The maximum atomic E-state index is 10.6. The van der Waals surface area contributed by atoms with Crippen molar-refractivity contribution in [1.29, 1.82) is 0 Å². The maximum Gasteiger partial charge on any atom is 0.223 e. The van der Waals surface area contributed by atoms with Crippen molar-refractivity contribution >= 4 is 33.3 Å². The van der Waals surface area contributed by atoms with Crippen LogP contribution in [0.15, 0.2) is 6.07 Å². The number of hydrogen-bond donors (Lipinski definition) is 2. The zero-order valence-electron chi connectivity index (χ0n) is 11.9. The van der Waals surface area contributed by atoms with Gasteiger partial charge in [-0.3, -0.25) is 0 Å². The van der Waals surface area contributed by atoms with Crippen molar-refractivity contribution in [3.05, 3.63) is 10.9 Å². The molecule has 2 heterocycles. The number of likely N-dealkylation sites (N-methyl/N-ethyl adjacent to an activating group) is 1. The molecule has 0 bridgehead atoms. The van der Waals surface area contributed by atoms with E-state index in [1.165, 1.54) is 4.88 Å². The summed E-state index contributed by atoms with van der Waals surface area (Å²) in [7, 11) is 1.96. The molecule has 1 fully saturated rings. The predicted octanol–water partition coefficient (Wildman–Crippen LogP) is 2.32. The summed E-state index contributed by atoms with van der Waals surface area (Å²) < 4.78 is 0. The van der Waals surface area contributed by atoms with Gasteiger partial charge in [-0.1, -0.05) is 12.8 Å². The first-order valence-corrected chi connectivity index (χ1v) is 7.76. The summed E-state index contributed by atoms with van der Waals surface area (Å²) in [5, 5.41) is 11.6. The highest BCUT2D eigenvalue weighted by Gasteiger charge is 2.33. The number of anilines is 2. The van der Waals surface area contributed by atoms with Crippen LogP contribution in [-0.4, -0.2) is 34.3 Å². The first kappa shape index (κ1) is 13.6. The third-order valence-corrected chi connectivity index (χ3v) is 4.88. The second-order valence-electron chi connectivity index (χ2n) is 5.77. The van der Waals surface area contributed by atoms with Crippen molar-refractivity contribution in [3.8, 4) is 0 Å². The highest BCUT2D eigenvalue weighted by molar-refractivity contribution is 7.18. The summed E-state index contributed by atoms with van der Waals surface area (Å²) in [5.41, 5.74) is 5.22. The molecule has 1 aliphatic rings. The van der Waals surface area contributed by atoms with E-state index in [0.29, 0.717) is 12.5 Å². The van der Waals surface area contributed by atoms with Gasteiger partial charge in [0.1, 0.15) is 10.6 Å². The van der Waals surface area contributed by atoms with Gasteiger partial charge in [-0.15, -0.1) is 11.3 Å². The van der Waals surface area contributed by atoms with Crippen molar-refractivity contribution in [3.63, 3.8) is 0 Å². The Hall–Kier alpha value is -1.40. The molecule has 3 N–H and O–H groups in total. The number of hydrogen-bond acceptors (Lipinski definition) is 6. The average molecular weight is 292 g/mol. The van der Waals surface area contributed by atoms with Crippen molar-refractivity contribution in [1.82, 2.24) is 9.97 Å². The fourth-order valence-corrected chi connectivity index (χ4v) is 3.92. The van der Waals surface area contributed by atoms with Gasteiger partial charge in [0.15, 0.2) is 0 Å². The molecule has 5 nitrogen and oxygen atoms in total. The van der Waals surface area contributed by atoms with Gasteiger partial charge in [0.25, 0.3) is 0 Å². The Kier molecular flexibility index (Phi) is 3.30. The molecule has 0 atom stereocenters. The number of aromatic nitrogens is 2. The van der Waals surface area contributed by atoms with Crippen LogP contribution in [0, 0.1) is 6.92 Å². The van der Waals surface area contributed by atoms with E-state index in [1.54, 1.807) is 11.3 Å².